The Morgan fingerprint density at radius 2 is 2.04 bits per heavy atom. The highest BCUT2D eigenvalue weighted by Crippen LogP contribution is 2.28. The highest BCUT2D eigenvalue weighted by atomic mass is 32.2. The molecule has 1 aliphatic carbocycles. The van der Waals surface area contributed by atoms with Crippen molar-refractivity contribution in [2.75, 3.05) is 30.3 Å². The van der Waals surface area contributed by atoms with Gasteiger partial charge >= 0.3 is 6.03 Å². The number of thioether (sulfide) groups is 1. The SMILES string of the molecule is O=C(CSC1CCCC1)NCC#Cc1ccc(N2CCNC2=O)cc1. The molecule has 3 amide bonds. The van der Waals surface area contributed by atoms with Crippen molar-refractivity contribution in [1.29, 1.82) is 0 Å². The van der Waals surface area contributed by atoms with E-state index in [9.17, 15) is 9.59 Å². The van der Waals surface area contributed by atoms with E-state index in [0.717, 1.165) is 11.3 Å². The molecular formula is C19H23N3O2S. The van der Waals surface area contributed by atoms with Crippen LogP contribution in [0.5, 0.6) is 0 Å². The second kappa shape index (κ2) is 8.82. The van der Waals surface area contributed by atoms with E-state index in [4.69, 9.17) is 0 Å². The molecule has 1 aromatic carbocycles. The maximum Gasteiger partial charge on any atom is 0.321 e. The first-order valence-electron chi connectivity index (χ1n) is 8.75. The fourth-order valence-electron chi connectivity index (χ4n) is 3.03. The van der Waals surface area contributed by atoms with Gasteiger partial charge in [-0.2, -0.15) is 0 Å². The molecule has 0 atom stereocenters. The van der Waals surface area contributed by atoms with E-state index in [0.29, 0.717) is 30.6 Å². The molecule has 2 fully saturated rings. The van der Waals surface area contributed by atoms with Crippen molar-refractivity contribution >= 4 is 29.4 Å². The average Bonchev–Trinajstić information content (AvgIpc) is 3.29. The van der Waals surface area contributed by atoms with Gasteiger partial charge in [-0.25, -0.2) is 4.79 Å². The number of hydrogen-bond donors (Lipinski definition) is 2. The molecule has 5 nitrogen and oxygen atoms in total. The summed E-state index contributed by atoms with van der Waals surface area (Å²) in [6.07, 6.45) is 5.08. The molecule has 0 bridgehead atoms. The van der Waals surface area contributed by atoms with Gasteiger partial charge in [0.1, 0.15) is 0 Å². The van der Waals surface area contributed by atoms with Crippen molar-refractivity contribution in [3.05, 3.63) is 29.8 Å². The van der Waals surface area contributed by atoms with Gasteiger partial charge < -0.3 is 10.6 Å². The Bertz CT molecular complexity index is 672. The molecule has 2 aliphatic rings. The van der Waals surface area contributed by atoms with E-state index in [2.05, 4.69) is 22.5 Å². The summed E-state index contributed by atoms with van der Waals surface area (Å²) in [6, 6.07) is 7.52. The summed E-state index contributed by atoms with van der Waals surface area (Å²) in [6.45, 7) is 1.73. The van der Waals surface area contributed by atoms with Gasteiger partial charge in [-0.05, 0) is 37.1 Å². The molecule has 1 heterocycles. The van der Waals surface area contributed by atoms with Gasteiger partial charge in [0.25, 0.3) is 0 Å². The number of hydrogen-bond acceptors (Lipinski definition) is 3. The largest absolute Gasteiger partial charge is 0.344 e. The summed E-state index contributed by atoms with van der Waals surface area (Å²) in [7, 11) is 0. The minimum atomic E-state index is -0.0583. The fraction of sp³-hybridized carbons (Fsp3) is 0.474. The third-order valence-corrected chi connectivity index (χ3v) is 5.77. The number of carbonyl (C=O) groups is 2. The van der Waals surface area contributed by atoms with Crippen LogP contribution in [-0.2, 0) is 4.79 Å². The molecule has 1 aliphatic heterocycles. The summed E-state index contributed by atoms with van der Waals surface area (Å²) >= 11 is 1.76. The second-order valence-corrected chi connectivity index (χ2v) is 7.52. The van der Waals surface area contributed by atoms with Crippen LogP contribution in [-0.4, -0.2) is 42.6 Å². The highest BCUT2D eigenvalue weighted by molar-refractivity contribution is 8.00. The number of benzene rings is 1. The molecule has 0 radical (unpaired) electrons. The zero-order chi connectivity index (χ0) is 17.5. The summed E-state index contributed by atoms with van der Waals surface area (Å²) in [5.41, 5.74) is 1.75. The van der Waals surface area contributed by atoms with Crippen molar-refractivity contribution in [1.82, 2.24) is 10.6 Å². The predicted molar refractivity (Wildman–Crippen MR) is 102 cm³/mol. The van der Waals surface area contributed by atoms with Crippen LogP contribution >= 0.6 is 11.8 Å². The van der Waals surface area contributed by atoms with Gasteiger partial charge in [0.15, 0.2) is 0 Å². The van der Waals surface area contributed by atoms with Crippen molar-refractivity contribution < 1.29 is 9.59 Å². The van der Waals surface area contributed by atoms with Gasteiger partial charge in [-0.15, -0.1) is 11.8 Å². The van der Waals surface area contributed by atoms with Crippen LogP contribution < -0.4 is 15.5 Å². The summed E-state index contributed by atoms with van der Waals surface area (Å²) in [4.78, 5) is 25.1. The Morgan fingerprint density at radius 1 is 1.28 bits per heavy atom. The molecule has 1 aromatic rings. The molecule has 1 saturated carbocycles. The van der Waals surface area contributed by atoms with Crippen LogP contribution in [0.1, 0.15) is 31.2 Å². The lowest BCUT2D eigenvalue weighted by molar-refractivity contribution is -0.118. The monoisotopic (exact) mass is 357 g/mol. The quantitative estimate of drug-likeness (QED) is 0.796. The van der Waals surface area contributed by atoms with Crippen molar-refractivity contribution in [2.24, 2.45) is 0 Å². The highest BCUT2D eigenvalue weighted by Gasteiger charge is 2.20. The summed E-state index contributed by atoms with van der Waals surface area (Å²) in [5, 5.41) is 6.28. The Hall–Kier alpha value is -2.13. The summed E-state index contributed by atoms with van der Waals surface area (Å²) in [5.74, 6) is 6.59. The van der Waals surface area contributed by atoms with Gasteiger partial charge in [0.2, 0.25) is 5.91 Å². The molecule has 25 heavy (non-hydrogen) atoms. The molecule has 132 valence electrons. The first-order chi connectivity index (χ1) is 12.2. The average molecular weight is 357 g/mol. The number of carbonyl (C=O) groups excluding carboxylic acids is 2. The first-order valence-corrected chi connectivity index (χ1v) is 9.80. The maximum absolute atomic E-state index is 11.8. The number of urea groups is 1. The van der Waals surface area contributed by atoms with E-state index in [1.807, 2.05) is 24.3 Å². The molecule has 1 saturated heterocycles. The predicted octanol–water partition coefficient (Wildman–Crippen LogP) is 2.36. The third kappa shape index (κ3) is 5.17. The molecule has 6 heteroatoms. The number of anilines is 1. The van der Waals surface area contributed by atoms with Crippen molar-refractivity contribution in [3.8, 4) is 11.8 Å². The van der Waals surface area contributed by atoms with Crippen LogP contribution in [0.4, 0.5) is 10.5 Å². The topological polar surface area (TPSA) is 61.4 Å². The number of nitrogens with zero attached hydrogens (tertiary/aromatic N) is 1. The minimum Gasteiger partial charge on any atom is -0.344 e. The Morgan fingerprint density at radius 3 is 2.72 bits per heavy atom. The maximum atomic E-state index is 11.8. The molecule has 3 rings (SSSR count). The lowest BCUT2D eigenvalue weighted by Crippen LogP contribution is -2.27. The summed E-state index contributed by atoms with van der Waals surface area (Å²) < 4.78 is 0. The van der Waals surface area contributed by atoms with Crippen molar-refractivity contribution in [2.45, 2.75) is 30.9 Å². The van der Waals surface area contributed by atoms with Crippen LogP contribution in [0.3, 0.4) is 0 Å². The molecule has 0 spiro atoms. The van der Waals surface area contributed by atoms with E-state index in [1.165, 1.54) is 25.7 Å². The van der Waals surface area contributed by atoms with Gasteiger partial charge in [-0.3, -0.25) is 9.69 Å². The van der Waals surface area contributed by atoms with Crippen molar-refractivity contribution in [3.63, 3.8) is 0 Å². The smallest absolute Gasteiger partial charge is 0.321 e. The van der Waals surface area contributed by atoms with Crippen LogP contribution in [0.2, 0.25) is 0 Å². The first kappa shape index (κ1) is 17.7. The molecular weight excluding hydrogens is 334 g/mol. The number of rotatable bonds is 5. The Balaban J connectivity index is 1.40. The molecule has 0 aromatic heterocycles. The van der Waals surface area contributed by atoms with E-state index in [-0.39, 0.29) is 11.9 Å². The number of nitrogens with one attached hydrogen (secondary N) is 2. The zero-order valence-corrected chi connectivity index (χ0v) is 15.0. The normalized spacial score (nSPS) is 17.1. The van der Waals surface area contributed by atoms with Gasteiger partial charge in [-0.1, -0.05) is 24.7 Å². The van der Waals surface area contributed by atoms with E-state index in [1.54, 1.807) is 16.7 Å². The minimum absolute atomic E-state index is 0.0570. The molecule has 2 N–H and O–H groups in total. The van der Waals surface area contributed by atoms with Crippen LogP contribution in [0, 0.1) is 11.8 Å². The van der Waals surface area contributed by atoms with Crippen LogP contribution in [0.25, 0.3) is 0 Å². The van der Waals surface area contributed by atoms with E-state index >= 15 is 0 Å². The standard InChI is InChI=1S/C19H23N3O2S/c23-18(14-25-17-5-1-2-6-17)20-11-3-4-15-7-9-16(10-8-15)22-13-12-21-19(22)24/h7-10,17H,1-2,5-6,11-14H2,(H,20,23)(H,21,24). The third-order valence-electron chi connectivity index (χ3n) is 4.39. The van der Waals surface area contributed by atoms with Crippen LogP contribution in [0.15, 0.2) is 24.3 Å². The lowest BCUT2D eigenvalue weighted by Gasteiger charge is -2.13. The zero-order valence-electron chi connectivity index (χ0n) is 14.2. The second-order valence-electron chi connectivity index (χ2n) is 6.23. The van der Waals surface area contributed by atoms with E-state index < -0.39 is 0 Å². The lowest BCUT2D eigenvalue weighted by atomic mass is 10.2. The Labute approximate surface area is 152 Å². The van der Waals surface area contributed by atoms with Gasteiger partial charge in [0, 0.05) is 29.6 Å². The van der Waals surface area contributed by atoms with Gasteiger partial charge in [0.05, 0.1) is 12.3 Å². The fourth-order valence-corrected chi connectivity index (χ4v) is 4.19. The molecule has 0 unspecified atom stereocenters. The number of amides is 3. The Kier molecular flexibility index (Phi) is 6.24.